The van der Waals surface area contributed by atoms with Crippen molar-refractivity contribution in [2.24, 2.45) is 14.1 Å². The van der Waals surface area contributed by atoms with Crippen molar-refractivity contribution < 1.29 is 27.5 Å². The molecule has 0 aliphatic rings. The highest BCUT2D eigenvalue weighted by atomic mass is 32.2. The van der Waals surface area contributed by atoms with Gasteiger partial charge < -0.3 is 15.2 Å². The first kappa shape index (κ1) is 26.2. The molecule has 0 saturated carbocycles. The van der Waals surface area contributed by atoms with Crippen LogP contribution in [-0.4, -0.2) is 50.1 Å². The van der Waals surface area contributed by atoms with E-state index >= 15 is 0 Å². The summed E-state index contributed by atoms with van der Waals surface area (Å²) in [5, 5.41) is 0. The summed E-state index contributed by atoms with van der Waals surface area (Å²) in [6.45, 7) is -0.812. The molecule has 190 valence electrons. The molecule has 0 fully saturated rings. The molecule has 0 saturated heterocycles. The second-order valence-electron chi connectivity index (χ2n) is 7.63. The number of nitrogen functional groups attached to an aromatic ring is 1. The number of ether oxygens (including phenoxy) is 2. The molecule has 0 spiro atoms. The van der Waals surface area contributed by atoms with E-state index < -0.39 is 45.2 Å². The van der Waals surface area contributed by atoms with Crippen molar-refractivity contribution in [3.8, 4) is 5.75 Å². The fourth-order valence-electron chi connectivity index (χ4n) is 3.35. The fraction of sp³-hybridized carbons (Fsp3) is 0.217. The van der Waals surface area contributed by atoms with Gasteiger partial charge in [0.2, 0.25) is 5.78 Å². The molecule has 12 nitrogen and oxygen atoms in total. The Hall–Kier alpha value is -4.39. The number of carbonyl (C=O) groups excluding carboxylic acids is 2. The lowest BCUT2D eigenvalue weighted by molar-refractivity contribution is 0.0474. The van der Waals surface area contributed by atoms with Gasteiger partial charge in [0.25, 0.3) is 15.6 Å². The van der Waals surface area contributed by atoms with Gasteiger partial charge in [-0.2, -0.15) is 0 Å². The minimum atomic E-state index is -3.98. The first-order valence-corrected chi connectivity index (χ1v) is 11.8. The van der Waals surface area contributed by atoms with Crippen molar-refractivity contribution in [2.45, 2.75) is 4.90 Å². The third-order valence-corrected chi connectivity index (χ3v) is 7.28. The van der Waals surface area contributed by atoms with E-state index in [2.05, 4.69) is 0 Å². The third kappa shape index (κ3) is 4.73. The van der Waals surface area contributed by atoms with Gasteiger partial charge in [0.1, 0.15) is 17.1 Å². The number of anilines is 2. The van der Waals surface area contributed by atoms with Crippen molar-refractivity contribution in [1.82, 2.24) is 9.13 Å². The van der Waals surface area contributed by atoms with Gasteiger partial charge in [0.05, 0.1) is 23.3 Å². The predicted molar refractivity (Wildman–Crippen MR) is 131 cm³/mol. The van der Waals surface area contributed by atoms with Crippen LogP contribution in [0.25, 0.3) is 0 Å². The number of hydrogen-bond acceptors (Lipinski definition) is 9. The number of benzene rings is 2. The zero-order chi connectivity index (χ0) is 26.8. The van der Waals surface area contributed by atoms with E-state index in [1.165, 1.54) is 52.5 Å². The van der Waals surface area contributed by atoms with Gasteiger partial charge in [-0.05, 0) is 36.4 Å². The van der Waals surface area contributed by atoms with Crippen molar-refractivity contribution in [2.75, 3.05) is 30.8 Å². The lowest BCUT2D eigenvalue weighted by Gasteiger charge is -2.21. The summed E-state index contributed by atoms with van der Waals surface area (Å²) in [5.74, 6) is -1.81. The molecule has 1 heterocycles. The fourth-order valence-corrected chi connectivity index (χ4v) is 4.56. The van der Waals surface area contributed by atoms with E-state index in [4.69, 9.17) is 15.2 Å². The van der Waals surface area contributed by atoms with E-state index in [0.29, 0.717) is 16.0 Å². The van der Waals surface area contributed by atoms with Crippen molar-refractivity contribution in [3.63, 3.8) is 0 Å². The van der Waals surface area contributed by atoms with Crippen LogP contribution < -0.4 is 26.0 Å². The molecule has 0 unspecified atom stereocenters. The topological polar surface area (TPSA) is 160 Å². The molecule has 0 aliphatic heterocycles. The molecule has 2 N–H and O–H groups in total. The zero-order valence-electron chi connectivity index (χ0n) is 19.9. The van der Waals surface area contributed by atoms with Crippen LogP contribution in [0.2, 0.25) is 0 Å². The number of nitrogens with two attached hydrogens (primary N) is 1. The Morgan fingerprint density at radius 1 is 1.00 bits per heavy atom. The monoisotopic (exact) mass is 516 g/mol. The maximum absolute atomic E-state index is 13.0. The third-order valence-electron chi connectivity index (χ3n) is 5.50. The Bertz CT molecular complexity index is 1560. The Labute approximate surface area is 206 Å². The van der Waals surface area contributed by atoms with Crippen LogP contribution in [0.4, 0.5) is 11.5 Å². The number of sulfonamides is 1. The zero-order valence-corrected chi connectivity index (χ0v) is 20.7. The normalized spacial score (nSPS) is 11.1. The molecule has 36 heavy (non-hydrogen) atoms. The summed E-state index contributed by atoms with van der Waals surface area (Å²) in [4.78, 5) is 49.0. The maximum atomic E-state index is 13.0. The minimum Gasteiger partial charge on any atom is -0.495 e. The number of hydrogen-bond donors (Lipinski definition) is 1. The highest BCUT2D eigenvalue weighted by Crippen LogP contribution is 2.30. The van der Waals surface area contributed by atoms with E-state index in [1.807, 2.05) is 0 Å². The number of esters is 1. The second-order valence-corrected chi connectivity index (χ2v) is 9.60. The predicted octanol–water partition coefficient (Wildman–Crippen LogP) is 0.540. The van der Waals surface area contributed by atoms with E-state index in [0.717, 1.165) is 8.87 Å². The van der Waals surface area contributed by atoms with E-state index in [1.54, 1.807) is 24.3 Å². The maximum Gasteiger partial charge on any atom is 0.338 e. The molecule has 0 atom stereocenters. The molecule has 13 heteroatoms. The largest absolute Gasteiger partial charge is 0.495 e. The number of nitrogens with zero attached hydrogens (tertiary/aromatic N) is 3. The van der Waals surface area contributed by atoms with Crippen LogP contribution in [0.3, 0.4) is 0 Å². The standard InChI is InChI=1S/C23H24N4O8S/c1-25-20(24)19(21(29)26(2)23(25)31)17(28)13-35-22(30)14-9-11-15(12-10-14)36(32,33)27(3)16-7-5-6-8-18(16)34-4/h5-12H,13,24H2,1-4H3. The lowest BCUT2D eigenvalue weighted by Crippen LogP contribution is -2.42. The summed E-state index contributed by atoms with van der Waals surface area (Å²) in [5.41, 5.74) is 3.93. The molecule has 0 radical (unpaired) electrons. The van der Waals surface area contributed by atoms with Crippen LogP contribution in [0, 0.1) is 0 Å². The summed E-state index contributed by atoms with van der Waals surface area (Å²) in [6.07, 6.45) is 0. The number of aromatic nitrogens is 2. The molecule has 1 aromatic heterocycles. The number of Topliss-reactive ketones (excluding diaryl/α,β-unsaturated/α-hetero) is 1. The molecule has 0 bridgehead atoms. The van der Waals surface area contributed by atoms with Crippen LogP contribution in [0.1, 0.15) is 20.7 Å². The summed E-state index contributed by atoms with van der Waals surface area (Å²) in [6, 6.07) is 11.5. The Kier molecular flexibility index (Phi) is 7.34. The first-order chi connectivity index (χ1) is 16.9. The molecule has 0 aliphatic carbocycles. The van der Waals surface area contributed by atoms with Crippen LogP contribution in [0.15, 0.2) is 63.0 Å². The van der Waals surface area contributed by atoms with Crippen molar-refractivity contribution in [3.05, 3.63) is 80.5 Å². The molecule has 3 rings (SSSR count). The SMILES string of the molecule is COc1ccccc1N(C)S(=O)(=O)c1ccc(C(=O)OCC(=O)c2c(N)n(C)c(=O)n(C)c2=O)cc1. The van der Waals surface area contributed by atoms with Crippen molar-refractivity contribution in [1.29, 1.82) is 0 Å². The van der Waals surface area contributed by atoms with E-state index in [-0.39, 0.29) is 16.3 Å². The molecule has 0 amide bonds. The van der Waals surface area contributed by atoms with Gasteiger partial charge in [0, 0.05) is 21.1 Å². The van der Waals surface area contributed by atoms with Gasteiger partial charge in [-0.15, -0.1) is 0 Å². The van der Waals surface area contributed by atoms with Crippen molar-refractivity contribution >= 4 is 33.3 Å². The molecular weight excluding hydrogens is 492 g/mol. The number of para-hydroxylation sites is 2. The number of rotatable bonds is 8. The number of ketones is 1. The first-order valence-electron chi connectivity index (χ1n) is 10.4. The molecule has 2 aromatic carbocycles. The summed E-state index contributed by atoms with van der Waals surface area (Å²) >= 11 is 0. The smallest absolute Gasteiger partial charge is 0.338 e. The van der Waals surface area contributed by atoms with E-state index in [9.17, 15) is 27.6 Å². The Morgan fingerprint density at radius 2 is 1.61 bits per heavy atom. The Balaban J connectivity index is 1.77. The molecular formula is C23H24N4O8S. The van der Waals surface area contributed by atoms with Gasteiger partial charge >= 0.3 is 11.7 Å². The molecule has 3 aromatic rings. The van der Waals surface area contributed by atoms with Gasteiger partial charge in [-0.1, -0.05) is 12.1 Å². The average Bonchev–Trinajstić information content (AvgIpc) is 2.89. The second kappa shape index (κ2) is 10.1. The van der Waals surface area contributed by atoms with Crippen LogP contribution in [-0.2, 0) is 28.9 Å². The minimum absolute atomic E-state index is 0.0250. The average molecular weight is 517 g/mol. The highest BCUT2D eigenvalue weighted by molar-refractivity contribution is 7.92. The quantitative estimate of drug-likeness (QED) is 0.333. The van der Waals surface area contributed by atoms with Gasteiger partial charge in [0.15, 0.2) is 6.61 Å². The number of methoxy groups -OCH3 is 1. The summed E-state index contributed by atoms with van der Waals surface area (Å²) < 4.78 is 39.0. The highest BCUT2D eigenvalue weighted by Gasteiger charge is 2.25. The number of carbonyl (C=O) groups is 2. The van der Waals surface area contributed by atoms with Gasteiger partial charge in [-0.3, -0.25) is 23.0 Å². The van der Waals surface area contributed by atoms with Crippen LogP contribution >= 0.6 is 0 Å². The summed E-state index contributed by atoms with van der Waals surface area (Å²) in [7, 11) is 1.30. The Morgan fingerprint density at radius 3 is 2.22 bits per heavy atom. The van der Waals surface area contributed by atoms with Crippen LogP contribution in [0.5, 0.6) is 5.75 Å². The lowest BCUT2D eigenvalue weighted by atomic mass is 10.2. The van der Waals surface area contributed by atoms with Gasteiger partial charge in [-0.25, -0.2) is 18.0 Å².